The number of nitrogens with zero attached hydrogens (tertiary/aromatic N) is 2. The highest BCUT2D eigenvalue weighted by molar-refractivity contribution is 5.82. The van der Waals surface area contributed by atoms with E-state index in [9.17, 15) is 0 Å². The fraction of sp³-hybridized carbons (Fsp3) is 0. The van der Waals surface area contributed by atoms with Crippen molar-refractivity contribution in [3.05, 3.63) is 231 Å². The van der Waals surface area contributed by atoms with Crippen molar-refractivity contribution in [2.75, 3.05) is 0 Å². The smallest absolute Gasteiger partial charge is 0.0701 e. The molecule has 48 heavy (non-hydrogen) atoms. The van der Waals surface area contributed by atoms with Gasteiger partial charge in [-0.3, -0.25) is 9.97 Å². The molecule has 0 unspecified atom stereocenters. The number of hydrogen-bond acceptors (Lipinski definition) is 2. The molecular formula is C46H38N2. The number of benzene rings is 7. The van der Waals surface area contributed by atoms with E-state index in [0.717, 1.165) is 11.0 Å². The van der Waals surface area contributed by atoms with Crippen LogP contribution in [0.1, 0.15) is 0 Å². The van der Waals surface area contributed by atoms with E-state index in [4.69, 9.17) is 0 Å². The summed E-state index contributed by atoms with van der Waals surface area (Å²) in [6, 6.07) is 73.7. The Hall–Kier alpha value is -6.38. The maximum Gasteiger partial charge on any atom is 0.0701 e. The van der Waals surface area contributed by atoms with Gasteiger partial charge in [0, 0.05) is 23.2 Å². The van der Waals surface area contributed by atoms with Crippen molar-refractivity contribution in [1.82, 2.24) is 9.97 Å². The van der Waals surface area contributed by atoms with Gasteiger partial charge in [0.05, 0.1) is 11.0 Å². The molecule has 7 aromatic carbocycles. The van der Waals surface area contributed by atoms with Crippen molar-refractivity contribution in [3.63, 3.8) is 0 Å². The molecule has 2 aromatic heterocycles. The molecule has 0 amide bonds. The lowest BCUT2D eigenvalue weighted by Crippen LogP contribution is -1.73. The summed E-state index contributed by atoms with van der Waals surface area (Å²) in [6.45, 7) is 0. The molecule has 0 fully saturated rings. The zero-order valence-corrected chi connectivity index (χ0v) is 26.8. The van der Waals surface area contributed by atoms with E-state index in [1.165, 1.54) is 32.7 Å². The Bertz CT molecular complexity index is 1750. The van der Waals surface area contributed by atoms with Crippen molar-refractivity contribution < 1.29 is 0 Å². The fourth-order valence-corrected chi connectivity index (χ4v) is 4.81. The van der Waals surface area contributed by atoms with E-state index in [1.54, 1.807) is 0 Å². The molecule has 0 radical (unpaired) electrons. The van der Waals surface area contributed by atoms with Gasteiger partial charge in [0.2, 0.25) is 0 Å². The molecule has 0 aliphatic heterocycles. The third-order valence-corrected chi connectivity index (χ3v) is 7.23. The highest BCUT2D eigenvalue weighted by atomic mass is 14.6. The second kappa shape index (κ2) is 19.2. The zero-order valence-electron chi connectivity index (χ0n) is 26.8. The molecule has 2 heteroatoms. The molecule has 0 saturated carbocycles. The summed E-state index contributed by atoms with van der Waals surface area (Å²) in [5.41, 5.74) is 4.67. The summed E-state index contributed by atoms with van der Waals surface area (Å²) < 4.78 is 0. The molecule has 0 saturated heterocycles. The van der Waals surface area contributed by atoms with E-state index >= 15 is 0 Å². The molecular weight excluding hydrogens is 581 g/mol. The van der Waals surface area contributed by atoms with Crippen molar-refractivity contribution in [2.24, 2.45) is 0 Å². The number of para-hydroxylation sites is 2. The summed E-state index contributed by atoms with van der Waals surface area (Å²) in [7, 11) is 0. The van der Waals surface area contributed by atoms with Gasteiger partial charge in [-0.15, -0.1) is 0 Å². The molecule has 0 spiro atoms. The molecule has 232 valence electrons. The average Bonchev–Trinajstić information content (AvgIpc) is 3.20. The topological polar surface area (TPSA) is 25.8 Å². The summed E-state index contributed by atoms with van der Waals surface area (Å²) in [5, 5.41) is 5.02. The third kappa shape index (κ3) is 10.9. The lowest BCUT2D eigenvalue weighted by Gasteiger charge is -1.98. The molecule has 0 aliphatic carbocycles. The van der Waals surface area contributed by atoms with Crippen molar-refractivity contribution >= 4 is 32.6 Å². The maximum absolute atomic E-state index is 4.18. The number of fused-ring (bicyclic) bond motifs is 3. The summed E-state index contributed by atoms with van der Waals surface area (Å²) >= 11 is 0. The van der Waals surface area contributed by atoms with Gasteiger partial charge in [-0.05, 0) is 46.2 Å². The lowest BCUT2D eigenvalue weighted by atomic mass is 10.1. The van der Waals surface area contributed by atoms with Crippen LogP contribution in [0.25, 0.3) is 43.7 Å². The first-order valence-electron chi connectivity index (χ1n) is 16.0. The Labute approximate surface area is 283 Å². The van der Waals surface area contributed by atoms with Crippen LogP contribution in [0.2, 0.25) is 0 Å². The van der Waals surface area contributed by atoms with Crippen molar-refractivity contribution in [2.45, 2.75) is 0 Å². The van der Waals surface area contributed by atoms with Gasteiger partial charge < -0.3 is 0 Å². The Morgan fingerprint density at radius 3 is 0.792 bits per heavy atom. The molecule has 9 aromatic rings. The molecule has 2 nitrogen and oxygen atoms in total. The predicted octanol–water partition coefficient (Wildman–Crippen LogP) is 12.3. The Kier molecular flexibility index (Phi) is 13.2. The van der Waals surface area contributed by atoms with Gasteiger partial charge >= 0.3 is 0 Å². The van der Waals surface area contributed by atoms with E-state index in [0.29, 0.717) is 0 Å². The van der Waals surface area contributed by atoms with Crippen LogP contribution in [0, 0.1) is 0 Å². The van der Waals surface area contributed by atoms with Gasteiger partial charge in [-0.25, -0.2) is 0 Å². The van der Waals surface area contributed by atoms with E-state index in [2.05, 4.69) is 131 Å². The van der Waals surface area contributed by atoms with Crippen LogP contribution in [0.3, 0.4) is 0 Å². The number of pyridine rings is 2. The van der Waals surface area contributed by atoms with Crippen LogP contribution >= 0.6 is 0 Å². The third-order valence-electron chi connectivity index (χ3n) is 7.23. The highest BCUT2D eigenvalue weighted by Gasteiger charge is 1.92. The largest absolute Gasteiger partial charge is 0.256 e. The number of aromatic nitrogens is 2. The first-order chi connectivity index (χ1) is 23.9. The second-order valence-corrected chi connectivity index (χ2v) is 10.6. The number of rotatable bonds is 1. The minimum Gasteiger partial charge on any atom is -0.256 e. The van der Waals surface area contributed by atoms with E-state index in [1.807, 2.05) is 109 Å². The van der Waals surface area contributed by atoms with Crippen molar-refractivity contribution in [1.29, 1.82) is 0 Å². The number of hydrogen-bond donors (Lipinski definition) is 0. The summed E-state index contributed by atoms with van der Waals surface area (Å²) in [5.74, 6) is 0. The minimum atomic E-state index is 1.06. The van der Waals surface area contributed by atoms with Crippen LogP contribution in [-0.2, 0) is 0 Å². The van der Waals surface area contributed by atoms with Gasteiger partial charge in [0.1, 0.15) is 0 Å². The van der Waals surface area contributed by atoms with E-state index < -0.39 is 0 Å². The Morgan fingerprint density at radius 2 is 0.458 bits per heavy atom. The van der Waals surface area contributed by atoms with Crippen LogP contribution in [0.15, 0.2) is 231 Å². The quantitative estimate of drug-likeness (QED) is 0.183. The van der Waals surface area contributed by atoms with Crippen LogP contribution in [0.5, 0.6) is 0 Å². The standard InChI is InChI=1S/C12H10.C10H8.2C9H7N.C6H6/c1-3-7-11(8-4-1)12-9-5-2-6-10-12;1-2-6-10-8-4-3-7-9(10)5-1;2*1-2-6-9-8(4-1)5-3-7-10-9;1-2-4-6-5-3-1/h1-10H;1-8H;2*1-7H;1-6H. The van der Waals surface area contributed by atoms with Gasteiger partial charge in [0.15, 0.2) is 0 Å². The predicted molar refractivity (Wildman–Crippen MR) is 206 cm³/mol. The van der Waals surface area contributed by atoms with Gasteiger partial charge in [0.25, 0.3) is 0 Å². The molecule has 9 rings (SSSR count). The molecule has 0 N–H and O–H groups in total. The zero-order chi connectivity index (χ0) is 32.9. The van der Waals surface area contributed by atoms with Crippen LogP contribution in [0.4, 0.5) is 0 Å². The van der Waals surface area contributed by atoms with Gasteiger partial charge in [-0.2, -0.15) is 0 Å². The summed E-state index contributed by atoms with van der Waals surface area (Å²) in [6.07, 6.45) is 3.62. The molecule has 0 atom stereocenters. The summed E-state index contributed by atoms with van der Waals surface area (Å²) in [4.78, 5) is 8.36. The fourth-order valence-electron chi connectivity index (χ4n) is 4.81. The first-order valence-corrected chi connectivity index (χ1v) is 16.0. The SMILES string of the molecule is c1ccc(-c2ccccc2)cc1.c1ccc2ccccc2c1.c1ccc2ncccc2c1.c1ccc2ncccc2c1.c1ccccc1. The monoisotopic (exact) mass is 618 g/mol. The highest BCUT2D eigenvalue weighted by Crippen LogP contribution is 2.17. The van der Waals surface area contributed by atoms with Crippen LogP contribution < -0.4 is 0 Å². The molecule has 0 bridgehead atoms. The minimum absolute atomic E-state index is 1.06. The van der Waals surface area contributed by atoms with Crippen LogP contribution in [-0.4, -0.2) is 9.97 Å². The van der Waals surface area contributed by atoms with Crippen molar-refractivity contribution in [3.8, 4) is 11.1 Å². The second-order valence-electron chi connectivity index (χ2n) is 10.6. The van der Waals surface area contributed by atoms with E-state index in [-0.39, 0.29) is 0 Å². The lowest BCUT2D eigenvalue weighted by molar-refractivity contribution is 1.41. The molecule has 0 aliphatic rings. The normalized spacial score (nSPS) is 9.67. The average molecular weight is 619 g/mol. The maximum atomic E-state index is 4.18. The van der Waals surface area contributed by atoms with Gasteiger partial charge in [-0.1, -0.05) is 194 Å². The Balaban J connectivity index is 0.000000119. The first kappa shape index (κ1) is 33.0. The molecule has 2 heterocycles. The Morgan fingerprint density at radius 1 is 0.208 bits per heavy atom.